The van der Waals surface area contributed by atoms with Gasteiger partial charge in [-0.1, -0.05) is 299 Å². The summed E-state index contributed by atoms with van der Waals surface area (Å²) in [6.07, 6.45) is 86.3. The Morgan fingerprint density at radius 1 is 0.333 bits per heavy atom. The largest absolute Gasteiger partial charge is 0.462 e. The summed E-state index contributed by atoms with van der Waals surface area (Å²) in [6, 6.07) is 0. The van der Waals surface area contributed by atoms with Crippen LogP contribution in [0.15, 0.2) is 72.9 Å². The Hall–Kier alpha value is -2.66. The molecule has 0 heterocycles. The summed E-state index contributed by atoms with van der Waals surface area (Å²) in [5.41, 5.74) is 0. The van der Waals surface area contributed by atoms with Crippen molar-refractivity contribution in [1.29, 1.82) is 0 Å². The number of carbonyl (C=O) groups excluding carboxylic acids is 2. The molecule has 1 N–H and O–H groups in total. The highest BCUT2D eigenvalue weighted by atomic mass is 16.6. The molecule has 0 aromatic carbocycles. The Labute approximate surface area is 448 Å². The number of ether oxygens (including phenoxy) is 2. The van der Waals surface area contributed by atoms with Gasteiger partial charge in [0.1, 0.15) is 6.61 Å². The Morgan fingerprint density at radius 3 is 0.903 bits per heavy atom. The molecule has 1 unspecified atom stereocenters. The molecule has 0 bridgehead atoms. The van der Waals surface area contributed by atoms with Crippen molar-refractivity contribution in [3.05, 3.63) is 72.9 Å². The van der Waals surface area contributed by atoms with Crippen molar-refractivity contribution in [3.8, 4) is 0 Å². The number of hydrogen-bond donors (Lipinski definition) is 1. The van der Waals surface area contributed by atoms with Crippen LogP contribution in [-0.4, -0.2) is 36.4 Å². The minimum absolute atomic E-state index is 0.0655. The zero-order chi connectivity index (χ0) is 52.0. The number of hydrogen-bond acceptors (Lipinski definition) is 5. The Bertz CT molecular complexity index is 1270. The normalized spacial score (nSPS) is 12.7. The van der Waals surface area contributed by atoms with Crippen LogP contribution in [0.1, 0.15) is 322 Å². The van der Waals surface area contributed by atoms with Crippen LogP contribution in [0.3, 0.4) is 0 Å². The van der Waals surface area contributed by atoms with Gasteiger partial charge < -0.3 is 14.6 Å². The van der Waals surface area contributed by atoms with E-state index in [-0.39, 0.29) is 25.2 Å². The van der Waals surface area contributed by atoms with Crippen LogP contribution < -0.4 is 0 Å². The van der Waals surface area contributed by atoms with E-state index in [0.717, 1.165) is 70.6 Å². The van der Waals surface area contributed by atoms with E-state index in [1.54, 1.807) is 0 Å². The first-order chi connectivity index (χ1) is 35.6. The lowest BCUT2D eigenvalue weighted by Crippen LogP contribution is -2.28. The van der Waals surface area contributed by atoms with Gasteiger partial charge >= 0.3 is 11.9 Å². The molecule has 0 aliphatic carbocycles. The first-order valence-electron chi connectivity index (χ1n) is 31.5. The average Bonchev–Trinajstić information content (AvgIpc) is 3.38. The molecule has 0 fully saturated rings. The molecule has 0 aromatic rings. The lowest BCUT2D eigenvalue weighted by atomic mass is 10.0. The highest BCUT2D eigenvalue weighted by molar-refractivity contribution is 5.70. The van der Waals surface area contributed by atoms with E-state index in [9.17, 15) is 14.7 Å². The molecule has 1 atom stereocenters. The summed E-state index contributed by atoms with van der Waals surface area (Å²) in [5, 5.41) is 9.66. The van der Waals surface area contributed by atoms with Crippen LogP contribution >= 0.6 is 0 Å². The number of carbonyl (C=O) groups is 2. The van der Waals surface area contributed by atoms with Crippen LogP contribution in [0.2, 0.25) is 0 Å². The van der Waals surface area contributed by atoms with E-state index < -0.39 is 6.10 Å². The molecule has 418 valence electrons. The third-order valence-corrected chi connectivity index (χ3v) is 14.0. The second kappa shape index (κ2) is 62.6. The molecule has 0 aliphatic rings. The molecule has 72 heavy (non-hydrogen) atoms. The molecular weight excluding hydrogens is 885 g/mol. The van der Waals surface area contributed by atoms with E-state index in [2.05, 4.69) is 86.8 Å². The van der Waals surface area contributed by atoms with Gasteiger partial charge in [-0.3, -0.25) is 9.59 Å². The van der Waals surface area contributed by atoms with Crippen molar-refractivity contribution in [1.82, 2.24) is 0 Å². The zero-order valence-electron chi connectivity index (χ0n) is 47.9. The van der Waals surface area contributed by atoms with Gasteiger partial charge in [-0.2, -0.15) is 0 Å². The predicted octanol–water partition coefficient (Wildman–Crippen LogP) is 21.5. The molecule has 0 saturated heterocycles. The van der Waals surface area contributed by atoms with Gasteiger partial charge in [0.25, 0.3) is 0 Å². The van der Waals surface area contributed by atoms with E-state index in [4.69, 9.17) is 9.47 Å². The van der Waals surface area contributed by atoms with Crippen LogP contribution in [0, 0.1) is 0 Å². The SMILES string of the molecule is CC/C=C\C/C=C\C/C=C\C/C=C\CCCCCCCCCCCCCCCCCCCCCCCCCCCCC(=O)OC(CO)COC(=O)CCCCCCCCCCC/C=C\C/C=C\CCCCC. The predicted molar refractivity (Wildman–Crippen MR) is 316 cm³/mol. The first kappa shape index (κ1) is 69.3. The molecule has 0 aromatic heterocycles. The van der Waals surface area contributed by atoms with Crippen molar-refractivity contribution < 1.29 is 24.2 Å². The van der Waals surface area contributed by atoms with E-state index in [0.29, 0.717) is 12.8 Å². The molecule has 0 aliphatic heterocycles. The van der Waals surface area contributed by atoms with Crippen molar-refractivity contribution >= 4 is 11.9 Å². The fourth-order valence-electron chi connectivity index (χ4n) is 9.29. The highest BCUT2D eigenvalue weighted by Gasteiger charge is 2.16. The van der Waals surface area contributed by atoms with E-state index in [1.165, 1.54) is 225 Å². The highest BCUT2D eigenvalue weighted by Crippen LogP contribution is 2.18. The summed E-state index contributed by atoms with van der Waals surface area (Å²) in [6.45, 7) is 4.03. The Morgan fingerprint density at radius 2 is 0.597 bits per heavy atom. The minimum atomic E-state index is -0.774. The summed E-state index contributed by atoms with van der Waals surface area (Å²) < 4.78 is 10.7. The number of aliphatic hydroxyl groups is 1. The summed E-state index contributed by atoms with van der Waals surface area (Å²) in [4.78, 5) is 24.5. The molecule has 5 nitrogen and oxygen atoms in total. The van der Waals surface area contributed by atoms with Gasteiger partial charge in [0.05, 0.1) is 6.61 Å². The zero-order valence-corrected chi connectivity index (χ0v) is 47.9. The monoisotopic (exact) mass is 1000 g/mol. The van der Waals surface area contributed by atoms with Gasteiger partial charge in [-0.15, -0.1) is 0 Å². The molecule has 0 amide bonds. The Balaban J connectivity index is 3.40. The average molecular weight is 1010 g/mol. The number of unbranched alkanes of at least 4 members (excludes halogenated alkanes) is 38. The van der Waals surface area contributed by atoms with Gasteiger partial charge in [0.15, 0.2) is 6.10 Å². The van der Waals surface area contributed by atoms with Gasteiger partial charge in [0, 0.05) is 12.8 Å². The quantitative estimate of drug-likeness (QED) is 0.0373. The molecule has 5 heteroatoms. The smallest absolute Gasteiger partial charge is 0.306 e. The third-order valence-electron chi connectivity index (χ3n) is 14.0. The van der Waals surface area contributed by atoms with Crippen molar-refractivity contribution in [2.45, 2.75) is 328 Å². The summed E-state index contributed by atoms with van der Waals surface area (Å²) >= 11 is 0. The van der Waals surface area contributed by atoms with Gasteiger partial charge in [0.2, 0.25) is 0 Å². The lowest BCUT2D eigenvalue weighted by Gasteiger charge is -2.15. The lowest BCUT2D eigenvalue weighted by molar-refractivity contribution is -0.161. The molecule has 0 saturated carbocycles. The van der Waals surface area contributed by atoms with Crippen molar-refractivity contribution in [3.63, 3.8) is 0 Å². The number of rotatable bonds is 58. The Kier molecular flexibility index (Phi) is 60.3. The standard InChI is InChI=1S/C67H120O5/c1-3-5-7-9-11-13-15-17-19-21-23-24-25-26-27-28-29-30-31-32-33-34-35-36-37-38-39-40-41-42-44-46-48-50-52-54-56-58-60-62-67(70)72-65(63-68)64-71-66(69)61-59-57-55-53-51-49-47-45-43-22-20-18-16-14-12-10-8-6-4-2/h5,7,11-14,17-20,23-24,65,68H,3-4,6,8-10,15-16,21-22,25-64H2,1-2H3/b7-5-,13-11-,14-12-,19-17-,20-18-,24-23-. The van der Waals surface area contributed by atoms with Crippen LogP contribution in [-0.2, 0) is 19.1 Å². The molecule has 0 spiro atoms. The fourth-order valence-corrected chi connectivity index (χ4v) is 9.29. The van der Waals surface area contributed by atoms with Gasteiger partial charge in [-0.05, 0) is 83.5 Å². The third kappa shape index (κ3) is 59.9. The number of allylic oxidation sites excluding steroid dienone is 12. The summed E-state index contributed by atoms with van der Waals surface area (Å²) in [7, 11) is 0. The van der Waals surface area contributed by atoms with Crippen molar-refractivity contribution in [2.24, 2.45) is 0 Å². The van der Waals surface area contributed by atoms with Crippen LogP contribution in [0.5, 0.6) is 0 Å². The molecule has 0 radical (unpaired) electrons. The van der Waals surface area contributed by atoms with Crippen LogP contribution in [0.4, 0.5) is 0 Å². The molecular formula is C67H120O5. The van der Waals surface area contributed by atoms with Crippen LogP contribution in [0.25, 0.3) is 0 Å². The maximum Gasteiger partial charge on any atom is 0.306 e. The van der Waals surface area contributed by atoms with Gasteiger partial charge in [-0.25, -0.2) is 0 Å². The summed E-state index contributed by atoms with van der Waals surface area (Å²) in [5.74, 6) is -0.581. The topological polar surface area (TPSA) is 72.8 Å². The molecule has 0 rings (SSSR count). The van der Waals surface area contributed by atoms with E-state index >= 15 is 0 Å². The second-order valence-corrected chi connectivity index (χ2v) is 21.1. The number of aliphatic hydroxyl groups excluding tert-OH is 1. The first-order valence-corrected chi connectivity index (χ1v) is 31.5. The fraction of sp³-hybridized carbons (Fsp3) is 0.791. The van der Waals surface area contributed by atoms with E-state index in [1.807, 2.05) is 0 Å². The number of esters is 2. The minimum Gasteiger partial charge on any atom is -0.462 e. The maximum atomic E-state index is 12.3. The maximum absolute atomic E-state index is 12.3. The van der Waals surface area contributed by atoms with Crippen molar-refractivity contribution in [2.75, 3.05) is 13.2 Å². The second-order valence-electron chi connectivity index (χ2n) is 21.1.